The maximum absolute atomic E-state index is 14.3. The summed E-state index contributed by atoms with van der Waals surface area (Å²) in [4.78, 5) is 8.93. The van der Waals surface area contributed by atoms with Crippen molar-refractivity contribution in [3.8, 4) is 28.3 Å². The van der Waals surface area contributed by atoms with Gasteiger partial charge in [-0.15, -0.1) is 0 Å². The van der Waals surface area contributed by atoms with Gasteiger partial charge < -0.3 is 5.11 Å². The molecular weight excluding hydrogens is 367 g/mol. The van der Waals surface area contributed by atoms with Crippen LogP contribution in [-0.2, 0) is 0 Å². The number of hydrazone groups is 1. The second-order valence-corrected chi connectivity index (χ2v) is 6.27. The number of hydrogen-bond acceptors (Lipinski definition) is 5. The third kappa shape index (κ3) is 4.44. The van der Waals surface area contributed by atoms with E-state index in [1.807, 2.05) is 30.3 Å². The van der Waals surface area contributed by atoms with Crippen LogP contribution in [0.3, 0.4) is 0 Å². The van der Waals surface area contributed by atoms with Crippen molar-refractivity contribution >= 4 is 12.2 Å². The molecule has 0 saturated heterocycles. The fraction of sp³-hybridized carbons (Fsp3) is 0. The number of aromatic nitrogens is 2. The van der Waals surface area contributed by atoms with Gasteiger partial charge >= 0.3 is 0 Å². The van der Waals surface area contributed by atoms with E-state index in [0.717, 1.165) is 11.1 Å². The molecule has 6 heteroatoms. The molecule has 2 N–H and O–H groups in total. The van der Waals surface area contributed by atoms with Crippen LogP contribution >= 0.6 is 0 Å². The number of halogens is 1. The standard InChI is InChI=1S/C23H17FN4O/c24-20-9-5-4-8-19(20)22-14-21(17-6-2-1-3-7-17)26-23(27-22)28-25-15-16-10-12-18(29)13-11-16/h1-15,29H,(H,26,27,28)/b25-15+. The number of nitrogens with one attached hydrogen (secondary N) is 1. The van der Waals surface area contributed by atoms with Crippen LogP contribution in [-0.4, -0.2) is 21.3 Å². The van der Waals surface area contributed by atoms with E-state index in [-0.39, 0.29) is 17.5 Å². The van der Waals surface area contributed by atoms with Crippen LogP contribution in [0.25, 0.3) is 22.5 Å². The third-order valence-electron chi connectivity index (χ3n) is 4.22. The Labute approximate surface area is 167 Å². The fourth-order valence-corrected chi connectivity index (χ4v) is 2.79. The Morgan fingerprint density at radius 1 is 0.828 bits per heavy atom. The van der Waals surface area contributed by atoms with Gasteiger partial charge in [-0.1, -0.05) is 42.5 Å². The van der Waals surface area contributed by atoms with Crippen molar-refractivity contribution < 1.29 is 9.50 Å². The Morgan fingerprint density at radius 2 is 1.52 bits per heavy atom. The quantitative estimate of drug-likeness (QED) is 0.371. The molecule has 29 heavy (non-hydrogen) atoms. The van der Waals surface area contributed by atoms with Gasteiger partial charge in [0.1, 0.15) is 11.6 Å². The van der Waals surface area contributed by atoms with Crippen molar-refractivity contribution in [1.82, 2.24) is 9.97 Å². The molecule has 4 rings (SSSR count). The number of benzene rings is 3. The van der Waals surface area contributed by atoms with Gasteiger partial charge in [-0.3, -0.25) is 0 Å². The first-order valence-electron chi connectivity index (χ1n) is 8.96. The molecule has 3 aromatic carbocycles. The van der Waals surface area contributed by atoms with E-state index in [4.69, 9.17) is 0 Å². The minimum Gasteiger partial charge on any atom is -0.508 e. The summed E-state index contributed by atoms with van der Waals surface area (Å²) < 4.78 is 14.3. The van der Waals surface area contributed by atoms with Crippen LogP contribution in [0.2, 0.25) is 0 Å². The van der Waals surface area contributed by atoms with Crippen molar-refractivity contribution in [3.63, 3.8) is 0 Å². The molecule has 0 saturated carbocycles. The van der Waals surface area contributed by atoms with Crippen LogP contribution in [0.5, 0.6) is 5.75 Å². The van der Waals surface area contributed by atoms with Gasteiger partial charge in [0.05, 0.1) is 17.6 Å². The summed E-state index contributed by atoms with van der Waals surface area (Å²) in [6.07, 6.45) is 1.58. The van der Waals surface area contributed by atoms with Crippen molar-refractivity contribution in [2.45, 2.75) is 0 Å². The van der Waals surface area contributed by atoms with Crippen LogP contribution in [0.4, 0.5) is 10.3 Å². The average molecular weight is 384 g/mol. The molecule has 4 aromatic rings. The minimum absolute atomic E-state index is 0.184. The predicted molar refractivity (Wildman–Crippen MR) is 112 cm³/mol. The normalized spacial score (nSPS) is 10.9. The number of phenols is 1. The Morgan fingerprint density at radius 3 is 2.28 bits per heavy atom. The Bertz CT molecular complexity index is 1150. The minimum atomic E-state index is -0.358. The van der Waals surface area contributed by atoms with Gasteiger partial charge in [-0.05, 0) is 48.0 Å². The highest BCUT2D eigenvalue weighted by Crippen LogP contribution is 2.26. The molecule has 0 aliphatic rings. The van der Waals surface area contributed by atoms with Crippen molar-refractivity contribution in [2.75, 3.05) is 5.43 Å². The van der Waals surface area contributed by atoms with Gasteiger partial charge in [-0.25, -0.2) is 19.8 Å². The average Bonchev–Trinajstić information content (AvgIpc) is 2.76. The topological polar surface area (TPSA) is 70.4 Å². The molecule has 0 unspecified atom stereocenters. The second-order valence-electron chi connectivity index (χ2n) is 6.27. The van der Waals surface area contributed by atoms with Crippen molar-refractivity contribution in [1.29, 1.82) is 0 Å². The van der Waals surface area contributed by atoms with E-state index in [0.29, 0.717) is 17.0 Å². The van der Waals surface area contributed by atoms with Crippen molar-refractivity contribution in [2.24, 2.45) is 5.10 Å². The number of phenolic OH excluding ortho intramolecular Hbond substituents is 1. The highest BCUT2D eigenvalue weighted by atomic mass is 19.1. The molecule has 5 nitrogen and oxygen atoms in total. The molecular formula is C23H17FN4O. The van der Waals surface area contributed by atoms with Crippen LogP contribution < -0.4 is 5.43 Å². The Kier molecular flexibility index (Phi) is 5.25. The monoisotopic (exact) mass is 384 g/mol. The number of nitrogens with zero attached hydrogens (tertiary/aromatic N) is 3. The lowest BCUT2D eigenvalue weighted by atomic mass is 10.1. The highest BCUT2D eigenvalue weighted by molar-refractivity contribution is 5.80. The zero-order chi connectivity index (χ0) is 20.1. The zero-order valence-corrected chi connectivity index (χ0v) is 15.3. The summed E-state index contributed by atoms with van der Waals surface area (Å²) >= 11 is 0. The van der Waals surface area contributed by atoms with Gasteiger partial charge in [0.15, 0.2) is 0 Å². The molecule has 0 spiro atoms. The van der Waals surface area contributed by atoms with E-state index in [2.05, 4.69) is 20.5 Å². The van der Waals surface area contributed by atoms with Crippen LogP contribution in [0.1, 0.15) is 5.56 Å². The smallest absolute Gasteiger partial charge is 0.244 e. The maximum Gasteiger partial charge on any atom is 0.244 e. The first kappa shape index (κ1) is 18.3. The molecule has 0 radical (unpaired) electrons. The lowest BCUT2D eigenvalue weighted by molar-refractivity contribution is 0.475. The van der Waals surface area contributed by atoms with E-state index >= 15 is 0 Å². The Balaban J connectivity index is 1.70. The summed E-state index contributed by atoms with van der Waals surface area (Å²) in [6.45, 7) is 0. The maximum atomic E-state index is 14.3. The molecule has 1 heterocycles. The summed E-state index contributed by atoms with van der Waals surface area (Å²) in [6, 6.07) is 24.4. The van der Waals surface area contributed by atoms with E-state index in [1.54, 1.807) is 54.7 Å². The van der Waals surface area contributed by atoms with Crippen LogP contribution in [0, 0.1) is 5.82 Å². The van der Waals surface area contributed by atoms with E-state index in [9.17, 15) is 9.50 Å². The molecule has 0 amide bonds. The lowest BCUT2D eigenvalue weighted by Crippen LogP contribution is -2.01. The van der Waals surface area contributed by atoms with E-state index in [1.165, 1.54) is 6.07 Å². The van der Waals surface area contributed by atoms with E-state index < -0.39 is 0 Å². The number of rotatable bonds is 5. The first-order valence-corrected chi connectivity index (χ1v) is 8.96. The number of anilines is 1. The predicted octanol–water partition coefficient (Wildman–Crippen LogP) is 5.10. The zero-order valence-electron chi connectivity index (χ0n) is 15.3. The summed E-state index contributed by atoms with van der Waals surface area (Å²) in [5.41, 5.74) is 5.99. The molecule has 0 aliphatic heterocycles. The molecule has 142 valence electrons. The number of hydrogen-bond donors (Lipinski definition) is 2. The largest absolute Gasteiger partial charge is 0.508 e. The molecule has 1 aromatic heterocycles. The summed E-state index contributed by atoms with van der Waals surface area (Å²) in [5.74, 6) is 0.0759. The van der Waals surface area contributed by atoms with Crippen molar-refractivity contribution in [3.05, 3.63) is 96.3 Å². The first-order chi connectivity index (χ1) is 14.2. The third-order valence-corrected chi connectivity index (χ3v) is 4.22. The summed E-state index contributed by atoms with van der Waals surface area (Å²) in [7, 11) is 0. The molecule has 0 aliphatic carbocycles. The van der Waals surface area contributed by atoms with Gasteiger partial charge in [-0.2, -0.15) is 5.10 Å². The van der Waals surface area contributed by atoms with Gasteiger partial charge in [0.25, 0.3) is 0 Å². The molecule has 0 atom stereocenters. The summed E-state index contributed by atoms with van der Waals surface area (Å²) in [5, 5.41) is 13.5. The lowest BCUT2D eigenvalue weighted by Gasteiger charge is -2.09. The Hall–Kier alpha value is -4.06. The molecule has 0 fully saturated rings. The number of aromatic hydroxyl groups is 1. The SMILES string of the molecule is Oc1ccc(/C=N/Nc2nc(-c3ccccc3)cc(-c3ccccc3F)n2)cc1. The molecule has 0 bridgehead atoms. The fourth-order valence-electron chi connectivity index (χ4n) is 2.79. The second kappa shape index (κ2) is 8.31. The van der Waals surface area contributed by atoms with Gasteiger partial charge in [0, 0.05) is 11.1 Å². The van der Waals surface area contributed by atoms with Gasteiger partial charge in [0.2, 0.25) is 5.95 Å². The van der Waals surface area contributed by atoms with Crippen LogP contribution in [0.15, 0.2) is 90.0 Å². The highest BCUT2D eigenvalue weighted by Gasteiger charge is 2.11.